The molecule has 2 aliphatic rings. The second-order valence-corrected chi connectivity index (χ2v) is 5.75. The van der Waals surface area contributed by atoms with Crippen molar-refractivity contribution in [2.24, 2.45) is 17.6 Å². The molecule has 1 aliphatic carbocycles. The molecule has 86 valence electrons. The van der Waals surface area contributed by atoms with Gasteiger partial charge in [0.05, 0.1) is 0 Å². The number of nitrogens with two attached hydrogens (primary N) is 1. The van der Waals surface area contributed by atoms with Crippen molar-refractivity contribution >= 4 is 17.7 Å². The first-order valence-corrected chi connectivity index (χ1v) is 7.05. The van der Waals surface area contributed by atoms with Crippen molar-refractivity contribution in [2.45, 2.75) is 31.7 Å². The maximum Gasteiger partial charge on any atom is 0.223 e. The third-order valence-corrected chi connectivity index (χ3v) is 4.74. The molecule has 3 unspecified atom stereocenters. The van der Waals surface area contributed by atoms with E-state index in [1.165, 1.54) is 12.2 Å². The van der Waals surface area contributed by atoms with Crippen molar-refractivity contribution in [1.82, 2.24) is 5.32 Å². The summed E-state index contributed by atoms with van der Waals surface area (Å²) < 4.78 is 0. The second-order valence-electron chi connectivity index (χ2n) is 4.60. The first-order chi connectivity index (χ1) is 7.31. The fraction of sp³-hybridized carbons (Fsp3) is 0.909. The predicted octanol–water partition coefficient (Wildman–Crippen LogP) is 0.983. The molecule has 1 heterocycles. The molecule has 1 saturated heterocycles. The highest BCUT2D eigenvalue weighted by atomic mass is 32.2. The molecular weight excluding hydrogens is 208 g/mol. The van der Waals surface area contributed by atoms with Gasteiger partial charge in [0.15, 0.2) is 0 Å². The van der Waals surface area contributed by atoms with E-state index in [1.54, 1.807) is 0 Å². The third-order valence-electron chi connectivity index (χ3n) is 3.57. The SMILES string of the molecule is NCC1CCCC1C(=O)NC1CCSC1. The summed E-state index contributed by atoms with van der Waals surface area (Å²) in [6.07, 6.45) is 4.47. The summed E-state index contributed by atoms with van der Waals surface area (Å²) in [5.74, 6) is 3.16. The zero-order valence-electron chi connectivity index (χ0n) is 9.08. The highest BCUT2D eigenvalue weighted by molar-refractivity contribution is 7.99. The van der Waals surface area contributed by atoms with Crippen LogP contribution in [0.5, 0.6) is 0 Å². The van der Waals surface area contributed by atoms with Gasteiger partial charge in [-0.3, -0.25) is 4.79 Å². The van der Waals surface area contributed by atoms with Crippen LogP contribution in [0.25, 0.3) is 0 Å². The fourth-order valence-electron chi connectivity index (χ4n) is 2.62. The number of carbonyl (C=O) groups is 1. The molecule has 3 nitrogen and oxygen atoms in total. The van der Waals surface area contributed by atoms with Crippen LogP contribution in [-0.4, -0.2) is 30.0 Å². The van der Waals surface area contributed by atoms with Crippen LogP contribution < -0.4 is 11.1 Å². The van der Waals surface area contributed by atoms with Gasteiger partial charge in [-0.25, -0.2) is 0 Å². The molecule has 2 rings (SSSR count). The number of nitrogens with one attached hydrogen (secondary N) is 1. The van der Waals surface area contributed by atoms with Gasteiger partial charge in [-0.2, -0.15) is 11.8 Å². The monoisotopic (exact) mass is 228 g/mol. The Bertz CT molecular complexity index is 229. The van der Waals surface area contributed by atoms with Gasteiger partial charge < -0.3 is 11.1 Å². The summed E-state index contributed by atoms with van der Waals surface area (Å²) in [4.78, 5) is 12.0. The number of hydrogen-bond acceptors (Lipinski definition) is 3. The molecule has 0 radical (unpaired) electrons. The topological polar surface area (TPSA) is 55.1 Å². The molecule has 0 aromatic rings. The Kier molecular flexibility index (Phi) is 3.92. The molecule has 2 fully saturated rings. The summed E-state index contributed by atoms with van der Waals surface area (Å²) in [5, 5.41) is 3.17. The highest BCUT2D eigenvalue weighted by Crippen LogP contribution is 2.31. The minimum atomic E-state index is 0.195. The Morgan fingerprint density at radius 3 is 2.93 bits per heavy atom. The molecule has 0 aromatic carbocycles. The van der Waals surface area contributed by atoms with E-state index in [0.717, 1.165) is 25.0 Å². The Morgan fingerprint density at radius 2 is 2.27 bits per heavy atom. The van der Waals surface area contributed by atoms with E-state index in [4.69, 9.17) is 5.73 Å². The Balaban J connectivity index is 1.83. The molecular formula is C11H20N2OS. The molecule has 1 saturated carbocycles. The first kappa shape index (κ1) is 11.3. The molecule has 0 spiro atoms. The number of amides is 1. The fourth-order valence-corrected chi connectivity index (χ4v) is 3.77. The van der Waals surface area contributed by atoms with Gasteiger partial charge in [0.1, 0.15) is 0 Å². The highest BCUT2D eigenvalue weighted by Gasteiger charge is 2.33. The van der Waals surface area contributed by atoms with Gasteiger partial charge in [0, 0.05) is 17.7 Å². The van der Waals surface area contributed by atoms with E-state index in [-0.39, 0.29) is 11.8 Å². The van der Waals surface area contributed by atoms with E-state index in [0.29, 0.717) is 18.5 Å². The minimum absolute atomic E-state index is 0.195. The van der Waals surface area contributed by atoms with Crippen molar-refractivity contribution in [3.05, 3.63) is 0 Å². The van der Waals surface area contributed by atoms with Crippen LogP contribution >= 0.6 is 11.8 Å². The summed E-state index contributed by atoms with van der Waals surface area (Å²) in [5.41, 5.74) is 5.69. The van der Waals surface area contributed by atoms with E-state index in [2.05, 4.69) is 5.32 Å². The third kappa shape index (κ3) is 2.67. The Hall–Kier alpha value is -0.220. The average Bonchev–Trinajstić information content (AvgIpc) is 2.86. The normalized spacial score (nSPS) is 35.7. The lowest BCUT2D eigenvalue weighted by Crippen LogP contribution is -2.41. The number of hydrogen-bond donors (Lipinski definition) is 2. The largest absolute Gasteiger partial charge is 0.352 e. The van der Waals surface area contributed by atoms with Crippen molar-refractivity contribution in [2.75, 3.05) is 18.1 Å². The molecule has 15 heavy (non-hydrogen) atoms. The Labute approximate surface area is 95.6 Å². The van der Waals surface area contributed by atoms with Crippen LogP contribution in [0.2, 0.25) is 0 Å². The quantitative estimate of drug-likeness (QED) is 0.757. The maximum absolute atomic E-state index is 12.0. The number of carbonyl (C=O) groups excluding carboxylic acids is 1. The van der Waals surface area contributed by atoms with Crippen molar-refractivity contribution in [3.63, 3.8) is 0 Å². The first-order valence-electron chi connectivity index (χ1n) is 5.89. The lowest BCUT2D eigenvalue weighted by Gasteiger charge is -2.20. The summed E-state index contributed by atoms with van der Waals surface area (Å²) >= 11 is 1.93. The van der Waals surface area contributed by atoms with Crippen LogP contribution in [0.15, 0.2) is 0 Å². The summed E-state index contributed by atoms with van der Waals surface area (Å²) in [6, 6.07) is 0.418. The minimum Gasteiger partial charge on any atom is -0.352 e. The Morgan fingerprint density at radius 1 is 1.40 bits per heavy atom. The van der Waals surface area contributed by atoms with Gasteiger partial charge in [-0.15, -0.1) is 0 Å². The van der Waals surface area contributed by atoms with E-state index < -0.39 is 0 Å². The lowest BCUT2D eigenvalue weighted by atomic mass is 9.95. The average molecular weight is 228 g/mol. The van der Waals surface area contributed by atoms with Gasteiger partial charge >= 0.3 is 0 Å². The zero-order valence-corrected chi connectivity index (χ0v) is 9.89. The van der Waals surface area contributed by atoms with Crippen molar-refractivity contribution in [1.29, 1.82) is 0 Å². The van der Waals surface area contributed by atoms with Gasteiger partial charge in [-0.1, -0.05) is 6.42 Å². The molecule has 3 atom stereocenters. The second kappa shape index (κ2) is 5.21. The molecule has 1 amide bonds. The zero-order chi connectivity index (χ0) is 10.7. The maximum atomic E-state index is 12.0. The lowest BCUT2D eigenvalue weighted by molar-refractivity contribution is -0.126. The van der Waals surface area contributed by atoms with Crippen molar-refractivity contribution < 1.29 is 4.79 Å². The van der Waals surface area contributed by atoms with Crippen molar-refractivity contribution in [3.8, 4) is 0 Å². The molecule has 0 bridgehead atoms. The van der Waals surface area contributed by atoms with E-state index in [9.17, 15) is 4.79 Å². The molecule has 4 heteroatoms. The van der Waals surface area contributed by atoms with Crippen LogP contribution in [0.3, 0.4) is 0 Å². The van der Waals surface area contributed by atoms with E-state index >= 15 is 0 Å². The standard InChI is InChI=1S/C11H20N2OS/c12-6-8-2-1-3-10(8)11(14)13-9-4-5-15-7-9/h8-10H,1-7,12H2,(H,13,14). The summed E-state index contributed by atoms with van der Waals surface area (Å²) in [6.45, 7) is 0.664. The predicted molar refractivity (Wildman–Crippen MR) is 63.8 cm³/mol. The van der Waals surface area contributed by atoms with Gasteiger partial charge in [-0.05, 0) is 37.5 Å². The smallest absolute Gasteiger partial charge is 0.223 e. The summed E-state index contributed by atoms with van der Waals surface area (Å²) in [7, 11) is 0. The van der Waals surface area contributed by atoms with Gasteiger partial charge in [0.25, 0.3) is 0 Å². The number of thioether (sulfide) groups is 1. The van der Waals surface area contributed by atoms with Crippen LogP contribution in [0, 0.1) is 11.8 Å². The molecule has 3 N–H and O–H groups in total. The van der Waals surface area contributed by atoms with Crippen LogP contribution in [0.1, 0.15) is 25.7 Å². The molecule has 1 aliphatic heterocycles. The van der Waals surface area contributed by atoms with Crippen LogP contribution in [0.4, 0.5) is 0 Å². The number of rotatable bonds is 3. The van der Waals surface area contributed by atoms with Crippen LogP contribution in [-0.2, 0) is 4.79 Å². The van der Waals surface area contributed by atoms with E-state index in [1.807, 2.05) is 11.8 Å². The van der Waals surface area contributed by atoms with Gasteiger partial charge in [0.2, 0.25) is 5.91 Å². The molecule has 0 aromatic heterocycles.